The van der Waals surface area contributed by atoms with Crippen LogP contribution in [0.25, 0.3) is 0 Å². The Morgan fingerprint density at radius 3 is 2.37 bits per heavy atom. The molecule has 0 atom stereocenters. The molecule has 1 rings (SSSR count). The Hall–Kier alpha value is -0.680. The average molecular weight is 305 g/mol. The van der Waals surface area contributed by atoms with Crippen LogP contribution in [0.1, 0.15) is 39.5 Å². The van der Waals surface area contributed by atoms with Crippen molar-refractivity contribution in [3.63, 3.8) is 0 Å². The van der Waals surface area contributed by atoms with Gasteiger partial charge >= 0.3 is 5.69 Å². The molecule has 0 amide bonds. The van der Waals surface area contributed by atoms with Gasteiger partial charge in [0.2, 0.25) is 0 Å². The highest BCUT2D eigenvalue weighted by Crippen LogP contribution is 2.32. The predicted molar refractivity (Wildman–Crippen MR) is 82.4 cm³/mol. The van der Waals surface area contributed by atoms with Gasteiger partial charge in [-0.1, -0.05) is 38.3 Å². The van der Waals surface area contributed by atoms with Crippen LogP contribution < -0.4 is 11.2 Å². The molecule has 0 aliphatic carbocycles. The highest BCUT2D eigenvalue weighted by molar-refractivity contribution is 7.80. The number of rotatable bonds is 7. The number of hydrogen-bond acceptors (Lipinski definition) is 3. The van der Waals surface area contributed by atoms with E-state index in [1.54, 1.807) is 0 Å². The van der Waals surface area contributed by atoms with E-state index in [0.717, 1.165) is 25.7 Å². The molecule has 0 radical (unpaired) electrons. The number of nitrogens with one attached hydrogen (secondary N) is 1. The van der Waals surface area contributed by atoms with Gasteiger partial charge in [0.05, 0.1) is 0 Å². The number of aromatic nitrogens is 2. The SMILES string of the molecule is CCCC(CS)(CCC)Cn1cc(Cl)c(=O)[nH]c1=O. The summed E-state index contributed by atoms with van der Waals surface area (Å²) in [5.74, 6) is 0.706. The lowest BCUT2D eigenvalue weighted by molar-refractivity contribution is 0.227. The Labute approximate surface area is 123 Å². The second kappa shape index (κ2) is 7.20. The number of thiol groups is 1. The zero-order valence-corrected chi connectivity index (χ0v) is 13.1. The third-order valence-electron chi connectivity index (χ3n) is 3.37. The van der Waals surface area contributed by atoms with E-state index in [2.05, 4.69) is 31.5 Å². The summed E-state index contributed by atoms with van der Waals surface area (Å²) in [6.45, 7) is 4.78. The van der Waals surface area contributed by atoms with Gasteiger partial charge in [0, 0.05) is 12.7 Å². The molecule has 0 spiro atoms. The molecule has 4 nitrogen and oxygen atoms in total. The maximum absolute atomic E-state index is 11.8. The third kappa shape index (κ3) is 4.14. The first-order valence-corrected chi connectivity index (χ1v) is 7.59. The zero-order chi connectivity index (χ0) is 14.5. The van der Waals surface area contributed by atoms with Gasteiger partial charge in [0.25, 0.3) is 5.56 Å². The normalized spacial score (nSPS) is 11.8. The van der Waals surface area contributed by atoms with Crippen molar-refractivity contribution in [2.45, 2.75) is 46.1 Å². The van der Waals surface area contributed by atoms with Gasteiger partial charge in [-0.05, 0) is 24.0 Å². The summed E-state index contributed by atoms with van der Waals surface area (Å²) >= 11 is 10.2. The molecule has 0 fully saturated rings. The van der Waals surface area contributed by atoms with Crippen molar-refractivity contribution in [1.82, 2.24) is 9.55 Å². The molecule has 19 heavy (non-hydrogen) atoms. The van der Waals surface area contributed by atoms with Crippen LogP contribution in [0.4, 0.5) is 0 Å². The molecule has 0 unspecified atom stereocenters. The Bertz CT molecular complexity index is 518. The number of H-pyrrole nitrogens is 1. The van der Waals surface area contributed by atoms with E-state index in [1.165, 1.54) is 10.8 Å². The summed E-state index contributed by atoms with van der Waals surface area (Å²) in [7, 11) is 0. The van der Waals surface area contributed by atoms with Gasteiger partial charge < -0.3 is 0 Å². The molecule has 0 saturated carbocycles. The summed E-state index contributed by atoms with van der Waals surface area (Å²) in [5, 5.41) is 0.0423. The van der Waals surface area contributed by atoms with Crippen LogP contribution in [0.5, 0.6) is 0 Å². The van der Waals surface area contributed by atoms with E-state index in [9.17, 15) is 9.59 Å². The van der Waals surface area contributed by atoms with E-state index in [0.29, 0.717) is 12.3 Å². The maximum Gasteiger partial charge on any atom is 0.328 e. The minimum absolute atomic E-state index is 0.0298. The molecule has 0 aromatic carbocycles. The third-order valence-corrected chi connectivity index (χ3v) is 4.31. The number of hydrogen-bond donors (Lipinski definition) is 2. The smallest absolute Gasteiger partial charge is 0.299 e. The van der Waals surface area contributed by atoms with Crippen LogP contribution in [-0.4, -0.2) is 15.3 Å². The van der Waals surface area contributed by atoms with Crippen molar-refractivity contribution in [3.8, 4) is 0 Å². The maximum atomic E-state index is 11.8. The second-order valence-corrected chi connectivity index (χ2v) is 5.75. The summed E-state index contributed by atoms with van der Waals surface area (Å²) in [4.78, 5) is 25.3. The molecular formula is C13H21ClN2O2S. The van der Waals surface area contributed by atoms with Gasteiger partial charge in [-0.3, -0.25) is 14.3 Å². The van der Waals surface area contributed by atoms with Gasteiger partial charge in [0.15, 0.2) is 0 Å². The highest BCUT2D eigenvalue weighted by atomic mass is 35.5. The van der Waals surface area contributed by atoms with Crippen LogP contribution in [-0.2, 0) is 6.54 Å². The van der Waals surface area contributed by atoms with Crippen LogP contribution in [0, 0.1) is 5.41 Å². The van der Waals surface area contributed by atoms with E-state index in [1.807, 2.05) is 0 Å². The van der Waals surface area contributed by atoms with Crippen molar-refractivity contribution in [2.24, 2.45) is 5.41 Å². The molecule has 1 aromatic rings. The first-order chi connectivity index (χ1) is 8.98. The summed E-state index contributed by atoms with van der Waals surface area (Å²) < 4.78 is 1.49. The largest absolute Gasteiger partial charge is 0.328 e. The fourth-order valence-corrected chi connectivity index (χ4v) is 3.09. The lowest BCUT2D eigenvalue weighted by Gasteiger charge is -2.32. The topological polar surface area (TPSA) is 54.9 Å². The molecule has 0 saturated heterocycles. The molecule has 0 aliphatic rings. The molecule has 0 aliphatic heterocycles. The average Bonchev–Trinajstić information content (AvgIpc) is 2.36. The predicted octanol–water partition coefficient (Wildman–Crippen LogP) is 2.71. The van der Waals surface area contributed by atoms with Crippen LogP contribution in [0.3, 0.4) is 0 Å². The molecular weight excluding hydrogens is 284 g/mol. The van der Waals surface area contributed by atoms with Crippen molar-refractivity contribution in [3.05, 3.63) is 32.1 Å². The van der Waals surface area contributed by atoms with Crippen LogP contribution in [0.2, 0.25) is 5.02 Å². The van der Waals surface area contributed by atoms with E-state index in [-0.39, 0.29) is 10.4 Å². The number of aromatic amines is 1. The molecule has 0 bridgehead atoms. The Morgan fingerprint density at radius 1 is 1.32 bits per heavy atom. The molecule has 1 aromatic heterocycles. The monoisotopic (exact) mass is 304 g/mol. The Balaban J connectivity index is 3.12. The van der Waals surface area contributed by atoms with Crippen molar-refractivity contribution in [1.29, 1.82) is 0 Å². The van der Waals surface area contributed by atoms with Gasteiger partial charge in [-0.25, -0.2) is 4.79 Å². The quantitative estimate of drug-likeness (QED) is 0.761. The Morgan fingerprint density at radius 2 is 1.89 bits per heavy atom. The summed E-state index contributed by atoms with van der Waals surface area (Å²) in [5.41, 5.74) is -0.976. The first kappa shape index (κ1) is 16.4. The van der Waals surface area contributed by atoms with Crippen LogP contribution >= 0.6 is 24.2 Å². The summed E-state index contributed by atoms with van der Waals surface area (Å²) in [6, 6.07) is 0. The minimum atomic E-state index is -0.537. The van der Waals surface area contributed by atoms with Crippen molar-refractivity contribution >= 4 is 24.2 Å². The molecule has 1 N–H and O–H groups in total. The van der Waals surface area contributed by atoms with Gasteiger partial charge in [-0.15, -0.1) is 0 Å². The minimum Gasteiger partial charge on any atom is -0.299 e. The van der Waals surface area contributed by atoms with Gasteiger partial charge in [-0.2, -0.15) is 12.6 Å². The molecule has 6 heteroatoms. The van der Waals surface area contributed by atoms with Crippen molar-refractivity contribution < 1.29 is 0 Å². The van der Waals surface area contributed by atoms with Crippen LogP contribution in [0.15, 0.2) is 15.8 Å². The van der Waals surface area contributed by atoms with Gasteiger partial charge in [0.1, 0.15) is 5.02 Å². The lowest BCUT2D eigenvalue weighted by atomic mass is 9.81. The zero-order valence-electron chi connectivity index (χ0n) is 11.4. The number of nitrogens with zero attached hydrogens (tertiary/aromatic N) is 1. The lowest BCUT2D eigenvalue weighted by Crippen LogP contribution is -2.37. The first-order valence-electron chi connectivity index (χ1n) is 6.58. The fraction of sp³-hybridized carbons (Fsp3) is 0.692. The molecule has 108 valence electrons. The highest BCUT2D eigenvalue weighted by Gasteiger charge is 2.28. The number of halogens is 1. The Kier molecular flexibility index (Phi) is 6.20. The van der Waals surface area contributed by atoms with E-state index in [4.69, 9.17) is 11.6 Å². The summed E-state index contributed by atoms with van der Waals surface area (Å²) in [6.07, 6.45) is 5.48. The van der Waals surface area contributed by atoms with E-state index < -0.39 is 11.2 Å². The standard InChI is InChI=1S/C13H21ClN2O2S/c1-3-5-13(9-19,6-4-2)8-16-7-10(14)11(17)15-12(16)18/h7,19H,3-6,8-9H2,1-2H3,(H,15,17,18). The van der Waals surface area contributed by atoms with Crippen molar-refractivity contribution in [2.75, 3.05) is 5.75 Å². The second-order valence-electron chi connectivity index (χ2n) is 5.02. The van der Waals surface area contributed by atoms with E-state index >= 15 is 0 Å². The molecule has 1 heterocycles. The fourth-order valence-electron chi connectivity index (χ4n) is 2.51.